The Morgan fingerprint density at radius 3 is 2.56 bits per heavy atom. The van der Waals surface area contributed by atoms with E-state index in [1.54, 1.807) is 0 Å². The molecule has 4 N–H and O–H groups in total. The fourth-order valence-corrected chi connectivity index (χ4v) is 13.7. The molecule has 2 saturated heterocycles. The second kappa shape index (κ2) is 7.74. The van der Waals surface area contributed by atoms with Gasteiger partial charge < -0.3 is 34.8 Å². The molecule has 0 aromatic heterocycles. The summed E-state index contributed by atoms with van der Waals surface area (Å²) < 4.78 is 20.4. The number of ketones is 1. The quantitative estimate of drug-likeness (QED) is 0.274. The molecule has 0 radical (unpaired) electrons. The lowest BCUT2D eigenvalue weighted by Crippen LogP contribution is -2.76. The van der Waals surface area contributed by atoms with Gasteiger partial charge in [0.1, 0.15) is 23.9 Å². The van der Waals surface area contributed by atoms with Crippen molar-refractivity contribution in [3.8, 4) is 0 Å². The summed E-state index contributed by atoms with van der Waals surface area (Å²) in [6, 6.07) is 3.92. The van der Waals surface area contributed by atoms with Gasteiger partial charge in [0, 0.05) is 57.4 Å². The van der Waals surface area contributed by atoms with Crippen LogP contribution in [0.3, 0.4) is 0 Å². The van der Waals surface area contributed by atoms with E-state index in [0.717, 1.165) is 48.1 Å². The van der Waals surface area contributed by atoms with Crippen molar-refractivity contribution >= 4 is 11.5 Å². The third kappa shape index (κ3) is 2.59. The van der Waals surface area contributed by atoms with Crippen LogP contribution >= 0.6 is 0 Å². The molecule has 1 aromatic rings. The molecule has 5 aliphatic carbocycles. The maximum atomic E-state index is 13.8. The Morgan fingerprint density at radius 1 is 1.07 bits per heavy atom. The normalized spacial score (nSPS) is 58.3. The van der Waals surface area contributed by atoms with Gasteiger partial charge in [-0.15, -0.1) is 0 Å². The molecule has 9 aliphatic rings. The Morgan fingerprint density at radius 2 is 1.82 bits per heavy atom. The fourth-order valence-electron chi connectivity index (χ4n) is 13.7. The minimum absolute atomic E-state index is 0.0667. The third-order valence-corrected chi connectivity index (χ3v) is 16.0. The Hall–Kier alpha value is -1.81. The SMILES string of the molecule is C=C(C)[C@H]1O[C@H]2CC[C@@]3(C)[C@@](O)(CC[C@H]4[C@@H]5OC(C)(C)[C@H]6C[C@@H]7C(C)C(=O)c8ccc9c(c8[C@@]76O)C5C(N9)[C@@]43C)[C@]23O[C@@H]3[C@H]1O. The van der Waals surface area contributed by atoms with E-state index in [4.69, 9.17) is 14.2 Å². The smallest absolute Gasteiger partial charge is 0.166 e. The Labute approximate surface area is 264 Å². The molecule has 1 aromatic carbocycles. The molecular weight excluding hydrogens is 570 g/mol. The van der Waals surface area contributed by atoms with Crippen LogP contribution in [0.4, 0.5) is 5.69 Å². The molecule has 0 amide bonds. The number of Topliss-reactive ketones (excluding diaryl/α,β-unsaturated/α-hetero) is 1. The van der Waals surface area contributed by atoms with Gasteiger partial charge in [-0.05, 0) is 82.1 Å². The number of rotatable bonds is 1. The molecule has 3 unspecified atom stereocenters. The van der Waals surface area contributed by atoms with Crippen molar-refractivity contribution in [2.75, 3.05) is 5.32 Å². The monoisotopic (exact) mass is 617 g/mol. The lowest BCUT2D eigenvalue weighted by Gasteiger charge is -2.67. The molecule has 4 saturated carbocycles. The number of fused-ring (bicyclic) bond motifs is 5. The fraction of sp³-hybridized carbons (Fsp3) is 0.757. The Kier molecular flexibility index (Phi) is 4.85. The number of hydrogen-bond donors (Lipinski definition) is 4. The number of carbonyl (C=O) groups is 1. The standard InChI is InChI=1S/C37H47NO7/c1-15(2)28-27(40)31-37(45-31)22(43-28)11-12-33(6)34(7)18(10-13-35(33,37)41)29-24-23-20(38-30(24)34)9-8-17-25(23)36(42)19(16(3)26(17)39)14-21(36)32(4,5)44-29/h8-9,16,18-19,21-22,24,27-31,38,40-42H,1,10-14H2,2-7H3/t16?,18-,19+,21+,22-,24?,27-,28+,29-,30?,31+,33+,34+,35-,36+,37-/m0/s1. The maximum Gasteiger partial charge on any atom is 0.166 e. The number of ether oxygens (including phenoxy) is 3. The van der Waals surface area contributed by atoms with Crippen LogP contribution in [-0.4, -0.2) is 74.5 Å². The van der Waals surface area contributed by atoms with Gasteiger partial charge in [-0.1, -0.05) is 27.4 Å². The molecule has 242 valence electrons. The summed E-state index contributed by atoms with van der Waals surface area (Å²) in [5.74, 6) is -0.255. The zero-order valence-electron chi connectivity index (χ0n) is 27.2. The van der Waals surface area contributed by atoms with E-state index >= 15 is 0 Å². The van der Waals surface area contributed by atoms with E-state index in [2.05, 4.69) is 39.6 Å². The summed E-state index contributed by atoms with van der Waals surface area (Å²) in [4.78, 5) is 13.8. The van der Waals surface area contributed by atoms with Crippen molar-refractivity contribution < 1.29 is 34.3 Å². The van der Waals surface area contributed by atoms with E-state index in [1.807, 2.05) is 26.0 Å². The van der Waals surface area contributed by atoms with E-state index in [1.165, 1.54) is 0 Å². The molecule has 8 nitrogen and oxygen atoms in total. The minimum Gasteiger partial charge on any atom is -0.387 e. The zero-order valence-corrected chi connectivity index (χ0v) is 27.2. The Balaban J connectivity index is 1.15. The summed E-state index contributed by atoms with van der Waals surface area (Å²) in [5.41, 5.74) is -0.546. The van der Waals surface area contributed by atoms with Crippen LogP contribution in [-0.2, 0) is 19.8 Å². The molecule has 16 atom stereocenters. The van der Waals surface area contributed by atoms with Gasteiger partial charge >= 0.3 is 0 Å². The highest BCUT2D eigenvalue weighted by Gasteiger charge is 2.88. The average Bonchev–Trinajstić information content (AvgIpc) is 3.56. The van der Waals surface area contributed by atoms with Gasteiger partial charge in [-0.25, -0.2) is 0 Å². The number of nitrogens with one attached hydrogen (secondary N) is 1. The number of hydrogen-bond acceptors (Lipinski definition) is 8. The highest BCUT2D eigenvalue weighted by molar-refractivity contribution is 6.02. The molecule has 4 aliphatic heterocycles. The van der Waals surface area contributed by atoms with Crippen LogP contribution in [0.25, 0.3) is 0 Å². The molecule has 4 heterocycles. The molecule has 8 heteroatoms. The van der Waals surface area contributed by atoms with Crippen LogP contribution in [0.15, 0.2) is 24.3 Å². The number of benzene rings is 1. The second-order valence-corrected chi connectivity index (χ2v) is 17.5. The van der Waals surface area contributed by atoms with Crippen molar-refractivity contribution in [3.63, 3.8) is 0 Å². The van der Waals surface area contributed by atoms with Gasteiger partial charge in [-0.2, -0.15) is 0 Å². The van der Waals surface area contributed by atoms with E-state index < -0.39 is 51.5 Å². The second-order valence-electron chi connectivity index (χ2n) is 17.5. The number of anilines is 1. The number of carbonyl (C=O) groups excluding carboxylic acids is 1. The predicted molar refractivity (Wildman–Crippen MR) is 165 cm³/mol. The number of aliphatic hydroxyl groups is 3. The molecule has 6 fully saturated rings. The largest absolute Gasteiger partial charge is 0.387 e. The Bertz CT molecular complexity index is 1620. The first-order chi connectivity index (χ1) is 21.1. The molecule has 0 bridgehead atoms. The first-order valence-corrected chi connectivity index (χ1v) is 17.4. The summed E-state index contributed by atoms with van der Waals surface area (Å²) in [5, 5.41) is 41.3. The molecule has 45 heavy (non-hydrogen) atoms. The number of aliphatic hydroxyl groups excluding tert-OH is 1. The minimum atomic E-state index is -1.22. The zero-order chi connectivity index (χ0) is 31.6. The van der Waals surface area contributed by atoms with Crippen molar-refractivity contribution in [1.82, 2.24) is 0 Å². The van der Waals surface area contributed by atoms with Crippen molar-refractivity contribution in [1.29, 1.82) is 0 Å². The van der Waals surface area contributed by atoms with Crippen LogP contribution < -0.4 is 5.32 Å². The molecular formula is C37H47NO7. The molecule has 10 rings (SSSR count). The van der Waals surface area contributed by atoms with E-state index in [-0.39, 0.29) is 53.6 Å². The van der Waals surface area contributed by atoms with Crippen LogP contribution in [0.1, 0.15) is 101 Å². The maximum absolute atomic E-state index is 13.8. The van der Waals surface area contributed by atoms with Crippen molar-refractivity contribution in [3.05, 3.63) is 41.0 Å². The van der Waals surface area contributed by atoms with Crippen molar-refractivity contribution in [2.24, 2.45) is 34.5 Å². The van der Waals surface area contributed by atoms with Gasteiger partial charge in [0.15, 0.2) is 11.4 Å². The van der Waals surface area contributed by atoms with Gasteiger partial charge in [0.2, 0.25) is 0 Å². The van der Waals surface area contributed by atoms with Crippen LogP contribution in [0, 0.1) is 34.5 Å². The number of epoxide rings is 1. The summed E-state index contributed by atoms with van der Waals surface area (Å²) in [6.45, 7) is 16.8. The van der Waals surface area contributed by atoms with Gasteiger partial charge in [-0.3, -0.25) is 4.79 Å². The average molecular weight is 618 g/mol. The van der Waals surface area contributed by atoms with Gasteiger partial charge in [0.05, 0.1) is 23.4 Å². The lowest BCUT2D eigenvalue weighted by molar-refractivity contribution is -0.293. The third-order valence-electron chi connectivity index (χ3n) is 16.0. The highest BCUT2D eigenvalue weighted by atomic mass is 16.7. The first kappa shape index (κ1) is 28.2. The van der Waals surface area contributed by atoms with E-state index in [0.29, 0.717) is 12.0 Å². The highest BCUT2D eigenvalue weighted by Crippen LogP contribution is 2.79. The molecule has 1 spiro atoms. The predicted octanol–water partition coefficient (Wildman–Crippen LogP) is 4.20. The van der Waals surface area contributed by atoms with E-state index in [9.17, 15) is 20.1 Å². The summed E-state index contributed by atoms with van der Waals surface area (Å²) in [7, 11) is 0. The first-order valence-electron chi connectivity index (χ1n) is 17.4. The van der Waals surface area contributed by atoms with Crippen LogP contribution in [0.5, 0.6) is 0 Å². The lowest BCUT2D eigenvalue weighted by atomic mass is 9.40. The van der Waals surface area contributed by atoms with Crippen molar-refractivity contribution in [2.45, 2.75) is 139 Å². The summed E-state index contributed by atoms with van der Waals surface area (Å²) in [6.07, 6.45) is 1.21. The van der Waals surface area contributed by atoms with Crippen LogP contribution in [0.2, 0.25) is 0 Å². The summed E-state index contributed by atoms with van der Waals surface area (Å²) >= 11 is 0. The topological polar surface area (TPSA) is 121 Å². The van der Waals surface area contributed by atoms with Gasteiger partial charge in [0.25, 0.3) is 0 Å².